The second-order valence-corrected chi connectivity index (χ2v) is 3.38. The summed E-state index contributed by atoms with van der Waals surface area (Å²) in [7, 11) is 1.55. The van der Waals surface area contributed by atoms with Gasteiger partial charge in [0, 0.05) is 13.5 Å². The van der Waals surface area contributed by atoms with Crippen molar-refractivity contribution in [2.45, 2.75) is 12.5 Å². The lowest BCUT2D eigenvalue weighted by molar-refractivity contribution is -0.151. The normalized spacial score (nSPS) is 12.3. The van der Waals surface area contributed by atoms with E-state index < -0.39 is 12.1 Å². The molecule has 1 unspecified atom stereocenters. The third-order valence-corrected chi connectivity index (χ3v) is 2.15. The van der Waals surface area contributed by atoms with Crippen LogP contribution in [0.25, 0.3) is 0 Å². The Morgan fingerprint density at radius 3 is 2.56 bits per heavy atom. The van der Waals surface area contributed by atoms with Gasteiger partial charge in [-0.1, -0.05) is 30.3 Å². The van der Waals surface area contributed by atoms with Gasteiger partial charge in [0.15, 0.2) is 6.10 Å². The minimum absolute atomic E-state index is 0.292. The molecule has 0 radical (unpaired) electrons. The minimum Gasteiger partial charge on any atom is -0.479 e. The maximum atomic E-state index is 10.9. The molecule has 1 aromatic rings. The summed E-state index contributed by atoms with van der Waals surface area (Å²) in [6.45, 7) is 0.693. The second-order valence-electron chi connectivity index (χ2n) is 3.38. The topological polar surface area (TPSA) is 55.8 Å². The van der Waals surface area contributed by atoms with Gasteiger partial charge in [-0.15, -0.1) is 0 Å². The lowest BCUT2D eigenvalue weighted by Gasteiger charge is -2.13. The molecule has 16 heavy (non-hydrogen) atoms. The smallest absolute Gasteiger partial charge is 0.333 e. The third-order valence-electron chi connectivity index (χ3n) is 2.15. The first kappa shape index (κ1) is 12.7. The molecular weight excluding hydrogens is 208 g/mol. The van der Waals surface area contributed by atoms with E-state index >= 15 is 0 Å². The average Bonchev–Trinajstić information content (AvgIpc) is 2.29. The van der Waals surface area contributed by atoms with E-state index in [1.165, 1.54) is 0 Å². The van der Waals surface area contributed by atoms with Gasteiger partial charge in [0.1, 0.15) is 0 Å². The summed E-state index contributed by atoms with van der Waals surface area (Å²) in [5.74, 6) is -0.944. The summed E-state index contributed by atoms with van der Waals surface area (Å²) >= 11 is 0. The Balaban J connectivity index is 2.48. The molecule has 88 valence electrons. The molecule has 0 saturated carbocycles. The van der Waals surface area contributed by atoms with Crippen molar-refractivity contribution < 1.29 is 19.4 Å². The Bertz CT molecular complexity index is 310. The maximum Gasteiger partial charge on any atom is 0.333 e. The van der Waals surface area contributed by atoms with E-state index in [1.54, 1.807) is 7.11 Å². The summed E-state index contributed by atoms with van der Waals surface area (Å²) in [6, 6.07) is 9.42. The van der Waals surface area contributed by atoms with Crippen molar-refractivity contribution in [2.75, 3.05) is 20.3 Å². The molecule has 1 rings (SSSR count). The maximum absolute atomic E-state index is 10.9. The Labute approximate surface area is 94.8 Å². The van der Waals surface area contributed by atoms with Gasteiger partial charge in [0.25, 0.3) is 0 Å². The van der Waals surface area contributed by atoms with Gasteiger partial charge in [-0.3, -0.25) is 0 Å². The van der Waals surface area contributed by atoms with Crippen LogP contribution in [0.4, 0.5) is 0 Å². The molecule has 0 aliphatic heterocycles. The van der Waals surface area contributed by atoms with Gasteiger partial charge in [-0.05, 0) is 5.56 Å². The lowest BCUT2D eigenvalue weighted by Crippen LogP contribution is -2.27. The third kappa shape index (κ3) is 4.42. The summed E-state index contributed by atoms with van der Waals surface area (Å²) in [4.78, 5) is 10.9. The van der Waals surface area contributed by atoms with Crippen LogP contribution in [0.5, 0.6) is 0 Å². The zero-order valence-corrected chi connectivity index (χ0v) is 9.26. The highest BCUT2D eigenvalue weighted by Gasteiger charge is 2.18. The number of hydrogen-bond donors (Lipinski definition) is 1. The summed E-state index contributed by atoms with van der Waals surface area (Å²) < 4.78 is 10.0. The Kier molecular flexibility index (Phi) is 5.53. The zero-order valence-electron chi connectivity index (χ0n) is 9.26. The molecule has 4 heteroatoms. The van der Waals surface area contributed by atoms with Gasteiger partial charge >= 0.3 is 5.97 Å². The molecule has 0 bridgehead atoms. The number of carboxylic acids is 1. The number of methoxy groups -OCH3 is 1. The predicted octanol–water partition coefficient (Wildman–Crippen LogP) is 1.35. The highest BCUT2D eigenvalue weighted by Crippen LogP contribution is 2.06. The number of benzene rings is 1. The number of carbonyl (C=O) groups is 1. The first-order valence-corrected chi connectivity index (χ1v) is 5.11. The van der Waals surface area contributed by atoms with E-state index in [0.29, 0.717) is 19.6 Å². The van der Waals surface area contributed by atoms with Crippen molar-refractivity contribution in [1.29, 1.82) is 0 Å². The Hall–Kier alpha value is -1.39. The molecule has 0 saturated heterocycles. The first-order valence-electron chi connectivity index (χ1n) is 5.11. The molecule has 1 N–H and O–H groups in total. The molecule has 0 heterocycles. The van der Waals surface area contributed by atoms with Crippen LogP contribution in [0.1, 0.15) is 5.56 Å². The number of hydrogen-bond acceptors (Lipinski definition) is 3. The number of rotatable bonds is 7. The number of carboxylic acid groups (broad SMARTS) is 1. The molecule has 0 spiro atoms. The van der Waals surface area contributed by atoms with Crippen LogP contribution >= 0.6 is 0 Å². The fourth-order valence-electron chi connectivity index (χ4n) is 1.32. The van der Waals surface area contributed by atoms with Crippen molar-refractivity contribution in [3.05, 3.63) is 35.9 Å². The first-order chi connectivity index (χ1) is 7.74. The largest absolute Gasteiger partial charge is 0.479 e. The number of ether oxygens (including phenoxy) is 2. The Morgan fingerprint density at radius 1 is 1.31 bits per heavy atom. The lowest BCUT2D eigenvalue weighted by atomic mass is 10.1. The zero-order chi connectivity index (χ0) is 11.8. The number of aliphatic carboxylic acids is 1. The van der Waals surface area contributed by atoms with E-state index in [4.69, 9.17) is 14.6 Å². The standard InChI is InChI=1S/C12H16O4/c1-15-7-8-16-11(12(13)14)9-10-5-3-2-4-6-10/h2-6,11H,7-9H2,1H3,(H,13,14). The molecular formula is C12H16O4. The molecule has 0 amide bonds. The molecule has 4 nitrogen and oxygen atoms in total. The van der Waals surface area contributed by atoms with Crippen LogP contribution in [-0.2, 0) is 20.7 Å². The van der Waals surface area contributed by atoms with Crippen LogP contribution in [0.3, 0.4) is 0 Å². The average molecular weight is 224 g/mol. The van der Waals surface area contributed by atoms with Crippen LogP contribution in [0, 0.1) is 0 Å². The van der Waals surface area contributed by atoms with E-state index in [1.807, 2.05) is 30.3 Å². The quantitative estimate of drug-likeness (QED) is 0.710. The Morgan fingerprint density at radius 2 is 2.00 bits per heavy atom. The highest BCUT2D eigenvalue weighted by molar-refractivity contribution is 5.72. The van der Waals surface area contributed by atoms with E-state index in [0.717, 1.165) is 5.56 Å². The highest BCUT2D eigenvalue weighted by atomic mass is 16.5. The molecule has 0 fully saturated rings. The summed E-state index contributed by atoms with van der Waals surface area (Å²) in [6.07, 6.45) is -0.433. The van der Waals surface area contributed by atoms with Crippen LogP contribution in [-0.4, -0.2) is 37.5 Å². The molecule has 0 aromatic heterocycles. The van der Waals surface area contributed by atoms with Crippen LogP contribution in [0.2, 0.25) is 0 Å². The van der Waals surface area contributed by atoms with E-state index in [2.05, 4.69) is 0 Å². The van der Waals surface area contributed by atoms with Gasteiger partial charge < -0.3 is 14.6 Å². The monoisotopic (exact) mass is 224 g/mol. The van der Waals surface area contributed by atoms with Crippen LogP contribution in [0.15, 0.2) is 30.3 Å². The van der Waals surface area contributed by atoms with Gasteiger partial charge in [0.05, 0.1) is 13.2 Å². The van der Waals surface area contributed by atoms with Crippen molar-refractivity contribution in [1.82, 2.24) is 0 Å². The molecule has 0 aliphatic rings. The van der Waals surface area contributed by atoms with Crippen molar-refractivity contribution >= 4 is 5.97 Å². The van der Waals surface area contributed by atoms with Crippen molar-refractivity contribution in [3.63, 3.8) is 0 Å². The second kappa shape index (κ2) is 6.98. The fourth-order valence-corrected chi connectivity index (χ4v) is 1.32. The molecule has 1 aromatic carbocycles. The summed E-state index contributed by atoms with van der Waals surface area (Å²) in [5, 5.41) is 8.97. The SMILES string of the molecule is COCCOC(Cc1ccccc1)C(=O)O. The molecule has 1 atom stereocenters. The van der Waals surface area contributed by atoms with E-state index in [-0.39, 0.29) is 0 Å². The van der Waals surface area contributed by atoms with Crippen molar-refractivity contribution in [3.8, 4) is 0 Å². The van der Waals surface area contributed by atoms with Gasteiger partial charge in [0.2, 0.25) is 0 Å². The fraction of sp³-hybridized carbons (Fsp3) is 0.417. The van der Waals surface area contributed by atoms with Gasteiger partial charge in [-0.2, -0.15) is 0 Å². The minimum atomic E-state index is -0.944. The molecule has 0 aliphatic carbocycles. The van der Waals surface area contributed by atoms with Crippen molar-refractivity contribution in [2.24, 2.45) is 0 Å². The van der Waals surface area contributed by atoms with Crippen LogP contribution < -0.4 is 0 Å². The predicted molar refractivity (Wildman–Crippen MR) is 59.4 cm³/mol. The summed E-state index contributed by atoms with van der Waals surface area (Å²) in [5.41, 5.74) is 0.951. The van der Waals surface area contributed by atoms with E-state index in [9.17, 15) is 4.79 Å². The van der Waals surface area contributed by atoms with Gasteiger partial charge in [-0.25, -0.2) is 4.79 Å².